The van der Waals surface area contributed by atoms with Crippen LogP contribution in [0.2, 0.25) is 0 Å². The number of thiazole rings is 1. The van der Waals surface area contributed by atoms with Gasteiger partial charge in [-0.1, -0.05) is 12.1 Å². The topological polar surface area (TPSA) is 33.1 Å². The summed E-state index contributed by atoms with van der Waals surface area (Å²) >= 11 is 4.66. The minimum Gasteiger partial charge on any atom is -0.388 e. The molecule has 1 N–H and O–H groups in total. The van der Waals surface area contributed by atoms with Crippen molar-refractivity contribution in [3.05, 3.63) is 49.6 Å². The van der Waals surface area contributed by atoms with Gasteiger partial charge in [-0.3, -0.25) is 0 Å². The maximum absolute atomic E-state index is 13.8. The Balaban J connectivity index is 2.21. The highest BCUT2D eigenvalue weighted by molar-refractivity contribution is 9.10. The standard InChI is InChI=1S/C13H13BrFNOS/c1-7-8(2)18-12(16-7)6-11(17)9-4-3-5-10(14)13(9)15/h3-5,11,17H,6H2,1-2H3. The van der Waals surface area contributed by atoms with Gasteiger partial charge in [0.2, 0.25) is 0 Å². The molecule has 0 aliphatic heterocycles. The zero-order chi connectivity index (χ0) is 13.3. The third kappa shape index (κ3) is 2.79. The van der Waals surface area contributed by atoms with Gasteiger partial charge in [-0.15, -0.1) is 11.3 Å². The third-order valence-electron chi connectivity index (χ3n) is 2.78. The fourth-order valence-electron chi connectivity index (χ4n) is 1.68. The van der Waals surface area contributed by atoms with Crippen LogP contribution in [0.5, 0.6) is 0 Å². The Labute approximate surface area is 118 Å². The number of halogens is 2. The minimum atomic E-state index is -0.868. The molecule has 1 atom stereocenters. The molecule has 0 aliphatic carbocycles. The van der Waals surface area contributed by atoms with E-state index in [0.29, 0.717) is 16.5 Å². The number of hydrogen-bond acceptors (Lipinski definition) is 3. The summed E-state index contributed by atoms with van der Waals surface area (Å²) in [4.78, 5) is 5.48. The van der Waals surface area contributed by atoms with Gasteiger partial charge in [0.1, 0.15) is 5.82 Å². The number of benzene rings is 1. The van der Waals surface area contributed by atoms with Gasteiger partial charge in [0, 0.05) is 16.9 Å². The summed E-state index contributed by atoms with van der Waals surface area (Å²) in [5, 5.41) is 10.9. The maximum atomic E-state index is 13.8. The molecule has 1 aromatic carbocycles. The fraction of sp³-hybridized carbons (Fsp3) is 0.308. The van der Waals surface area contributed by atoms with Crippen molar-refractivity contribution in [2.75, 3.05) is 0 Å². The van der Waals surface area contributed by atoms with Crippen LogP contribution in [0.25, 0.3) is 0 Å². The quantitative estimate of drug-likeness (QED) is 0.925. The normalized spacial score (nSPS) is 12.7. The van der Waals surface area contributed by atoms with Crippen LogP contribution in [0, 0.1) is 19.7 Å². The van der Waals surface area contributed by atoms with Crippen molar-refractivity contribution in [2.24, 2.45) is 0 Å². The van der Waals surface area contributed by atoms with E-state index in [9.17, 15) is 9.50 Å². The number of aliphatic hydroxyl groups is 1. The lowest BCUT2D eigenvalue weighted by Gasteiger charge is -2.11. The van der Waals surface area contributed by atoms with Crippen molar-refractivity contribution in [1.29, 1.82) is 0 Å². The molecule has 5 heteroatoms. The van der Waals surface area contributed by atoms with Gasteiger partial charge in [0.05, 0.1) is 21.3 Å². The van der Waals surface area contributed by atoms with Gasteiger partial charge in [0.15, 0.2) is 0 Å². The Hall–Kier alpha value is -0.780. The zero-order valence-corrected chi connectivity index (χ0v) is 12.5. The lowest BCUT2D eigenvalue weighted by atomic mass is 10.1. The smallest absolute Gasteiger partial charge is 0.143 e. The molecule has 0 fully saturated rings. The lowest BCUT2D eigenvalue weighted by Crippen LogP contribution is -2.04. The summed E-state index contributed by atoms with van der Waals surface area (Å²) < 4.78 is 14.2. The molecular weight excluding hydrogens is 317 g/mol. The number of aryl methyl sites for hydroxylation is 2. The Kier molecular flexibility index (Phi) is 4.14. The van der Waals surface area contributed by atoms with Crippen LogP contribution in [0.3, 0.4) is 0 Å². The van der Waals surface area contributed by atoms with E-state index < -0.39 is 11.9 Å². The Morgan fingerprint density at radius 3 is 2.78 bits per heavy atom. The highest BCUT2D eigenvalue weighted by atomic mass is 79.9. The van der Waals surface area contributed by atoms with Crippen LogP contribution in [0.15, 0.2) is 22.7 Å². The predicted octanol–water partition coefficient (Wildman–Crippen LogP) is 3.94. The van der Waals surface area contributed by atoms with Gasteiger partial charge in [0.25, 0.3) is 0 Å². The molecule has 0 aliphatic rings. The number of aromatic nitrogens is 1. The molecule has 2 nitrogen and oxygen atoms in total. The molecule has 0 amide bonds. The monoisotopic (exact) mass is 329 g/mol. The van der Waals surface area contributed by atoms with Crippen molar-refractivity contribution in [3.8, 4) is 0 Å². The van der Waals surface area contributed by atoms with E-state index in [1.54, 1.807) is 29.5 Å². The average Bonchev–Trinajstić information content (AvgIpc) is 2.61. The SMILES string of the molecule is Cc1nc(CC(O)c2cccc(Br)c2F)sc1C. The molecule has 0 saturated heterocycles. The molecule has 2 rings (SSSR count). The molecule has 0 radical (unpaired) electrons. The van der Waals surface area contributed by atoms with Crippen molar-refractivity contribution < 1.29 is 9.50 Å². The minimum absolute atomic E-state index is 0.301. The molecule has 1 heterocycles. The second kappa shape index (κ2) is 5.47. The van der Waals surface area contributed by atoms with Gasteiger partial charge in [-0.25, -0.2) is 9.37 Å². The first-order chi connectivity index (χ1) is 8.49. The van der Waals surface area contributed by atoms with E-state index in [1.165, 1.54) is 0 Å². The van der Waals surface area contributed by atoms with Crippen molar-refractivity contribution in [2.45, 2.75) is 26.4 Å². The molecule has 96 valence electrons. The van der Waals surface area contributed by atoms with Gasteiger partial charge >= 0.3 is 0 Å². The first-order valence-electron chi connectivity index (χ1n) is 5.54. The van der Waals surface area contributed by atoms with Crippen LogP contribution < -0.4 is 0 Å². The molecule has 2 aromatic rings. The highest BCUT2D eigenvalue weighted by Gasteiger charge is 2.17. The molecule has 1 aromatic heterocycles. The van der Waals surface area contributed by atoms with Crippen LogP contribution in [0.1, 0.15) is 27.2 Å². The lowest BCUT2D eigenvalue weighted by molar-refractivity contribution is 0.173. The second-order valence-electron chi connectivity index (χ2n) is 4.11. The fourth-order valence-corrected chi connectivity index (χ4v) is 3.03. The molecule has 0 saturated carbocycles. The van der Waals surface area contributed by atoms with Crippen LogP contribution in [0.4, 0.5) is 4.39 Å². The number of rotatable bonds is 3. The van der Waals surface area contributed by atoms with E-state index in [2.05, 4.69) is 20.9 Å². The molecule has 0 spiro atoms. The Bertz CT molecular complexity index is 551. The van der Waals surface area contributed by atoms with Gasteiger partial charge < -0.3 is 5.11 Å². The van der Waals surface area contributed by atoms with E-state index >= 15 is 0 Å². The Morgan fingerprint density at radius 1 is 1.44 bits per heavy atom. The summed E-state index contributed by atoms with van der Waals surface area (Å²) in [7, 11) is 0. The summed E-state index contributed by atoms with van der Waals surface area (Å²) in [6.07, 6.45) is -0.528. The van der Waals surface area contributed by atoms with Crippen LogP contribution in [-0.4, -0.2) is 10.1 Å². The molecular formula is C13H13BrFNOS. The first-order valence-corrected chi connectivity index (χ1v) is 7.15. The van der Waals surface area contributed by atoms with Gasteiger partial charge in [-0.2, -0.15) is 0 Å². The third-order valence-corrected chi connectivity index (χ3v) is 4.49. The molecule has 0 bridgehead atoms. The number of aliphatic hydroxyl groups excluding tert-OH is 1. The van der Waals surface area contributed by atoms with Crippen molar-refractivity contribution >= 4 is 27.3 Å². The van der Waals surface area contributed by atoms with Crippen LogP contribution >= 0.6 is 27.3 Å². The van der Waals surface area contributed by atoms with E-state index in [0.717, 1.165) is 15.6 Å². The first kappa shape index (κ1) is 13.6. The average molecular weight is 330 g/mol. The van der Waals surface area contributed by atoms with E-state index in [-0.39, 0.29) is 0 Å². The summed E-state index contributed by atoms with van der Waals surface area (Å²) in [5.41, 5.74) is 1.27. The predicted molar refractivity (Wildman–Crippen MR) is 74.4 cm³/mol. The van der Waals surface area contributed by atoms with Crippen molar-refractivity contribution in [1.82, 2.24) is 4.98 Å². The summed E-state index contributed by atoms with van der Waals surface area (Å²) in [6, 6.07) is 4.92. The number of hydrogen-bond donors (Lipinski definition) is 1. The zero-order valence-electron chi connectivity index (χ0n) is 10.1. The second-order valence-corrected chi connectivity index (χ2v) is 6.25. The van der Waals surface area contributed by atoms with Crippen molar-refractivity contribution in [3.63, 3.8) is 0 Å². The summed E-state index contributed by atoms with van der Waals surface area (Å²) in [6.45, 7) is 3.92. The molecule has 1 unspecified atom stereocenters. The number of nitrogens with zero attached hydrogens (tertiary/aromatic N) is 1. The maximum Gasteiger partial charge on any atom is 0.143 e. The molecule has 18 heavy (non-hydrogen) atoms. The van der Waals surface area contributed by atoms with E-state index in [1.807, 2.05) is 13.8 Å². The summed E-state index contributed by atoms with van der Waals surface area (Å²) in [5.74, 6) is -0.407. The Morgan fingerprint density at radius 2 is 2.17 bits per heavy atom. The largest absolute Gasteiger partial charge is 0.388 e. The van der Waals surface area contributed by atoms with Gasteiger partial charge in [-0.05, 0) is 35.8 Å². The highest BCUT2D eigenvalue weighted by Crippen LogP contribution is 2.27. The van der Waals surface area contributed by atoms with E-state index in [4.69, 9.17) is 0 Å². The van der Waals surface area contributed by atoms with Crippen LogP contribution in [-0.2, 0) is 6.42 Å².